The zero-order valence-corrected chi connectivity index (χ0v) is 68.7. The van der Waals surface area contributed by atoms with Crippen molar-refractivity contribution in [3.8, 4) is 0 Å². The second kappa shape index (κ2) is 79.3. The van der Waals surface area contributed by atoms with Crippen LogP contribution in [0, 0.1) is 0 Å². The SMILES string of the molecule is CC/C=C\C/C=C\C/C=C\C/C=C\C/C=C\C/C=C\CCC(=O)OCC(COP(=O)(O)OCC(O)COP(=O)(O)OCC(COC(=O)CCCCCCC/C=C\C/C=C\C/C=C\CC)OC(=O)CCCCCCC/C=C\CCCCCCCC)OC(=O)CCCCC/C=C\C/C=C\C/C=C\C/C=C\C/C=C\CC. The van der Waals surface area contributed by atoms with E-state index in [1.54, 1.807) is 0 Å². The molecule has 612 valence electrons. The number of phosphoric acid groups is 2. The van der Waals surface area contributed by atoms with Crippen molar-refractivity contribution in [3.05, 3.63) is 182 Å². The van der Waals surface area contributed by atoms with Crippen molar-refractivity contribution < 1.29 is 80.2 Å². The summed E-state index contributed by atoms with van der Waals surface area (Å²) in [6.07, 6.45) is 95.9. The molecule has 0 saturated heterocycles. The van der Waals surface area contributed by atoms with Gasteiger partial charge in [0, 0.05) is 25.7 Å². The van der Waals surface area contributed by atoms with Gasteiger partial charge in [0.25, 0.3) is 0 Å². The van der Waals surface area contributed by atoms with Crippen molar-refractivity contribution >= 4 is 39.5 Å². The molecule has 3 N–H and O–H groups in total. The van der Waals surface area contributed by atoms with Crippen LogP contribution in [-0.2, 0) is 65.4 Å². The molecule has 17 nitrogen and oxygen atoms in total. The molecule has 0 aromatic rings. The van der Waals surface area contributed by atoms with E-state index in [0.29, 0.717) is 32.1 Å². The van der Waals surface area contributed by atoms with Crippen LogP contribution in [0.25, 0.3) is 0 Å². The first-order chi connectivity index (χ1) is 52.7. The van der Waals surface area contributed by atoms with E-state index in [9.17, 15) is 43.2 Å². The van der Waals surface area contributed by atoms with Crippen LogP contribution in [0.5, 0.6) is 0 Å². The minimum absolute atomic E-state index is 0.0210. The molecule has 0 aromatic heterocycles. The third-order valence-corrected chi connectivity index (χ3v) is 18.3. The van der Waals surface area contributed by atoms with Gasteiger partial charge < -0.3 is 33.8 Å². The van der Waals surface area contributed by atoms with Crippen molar-refractivity contribution in [1.29, 1.82) is 0 Å². The molecule has 0 aromatic carbocycles. The number of carbonyl (C=O) groups excluding carboxylic acids is 4. The van der Waals surface area contributed by atoms with Gasteiger partial charge in [0.2, 0.25) is 0 Å². The fourth-order valence-corrected chi connectivity index (χ4v) is 11.8. The molecule has 0 saturated carbocycles. The molecular weight excluding hydrogens is 1400 g/mol. The lowest BCUT2D eigenvalue weighted by atomic mass is 10.1. The summed E-state index contributed by atoms with van der Waals surface area (Å²) < 4.78 is 68.6. The minimum Gasteiger partial charge on any atom is -0.462 e. The summed E-state index contributed by atoms with van der Waals surface area (Å²) in [6, 6.07) is 0. The number of aliphatic hydroxyl groups is 1. The molecule has 5 atom stereocenters. The van der Waals surface area contributed by atoms with Crippen LogP contribution in [0.2, 0.25) is 0 Å². The maximum Gasteiger partial charge on any atom is 0.472 e. The number of aliphatic hydroxyl groups excluding tert-OH is 1. The van der Waals surface area contributed by atoms with Gasteiger partial charge in [-0.2, -0.15) is 0 Å². The molecule has 0 fully saturated rings. The molecule has 0 rings (SSSR count). The third kappa shape index (κ3) is 78.3. The zero-order chi connectivity index (χ0) is 78.9. The smallest absolute Gasteiger partial charge is 0.462 e. The van der Waals surface area contributed by atoms with Crippen molar-refractivity contribution in [2.24, 2.45) is 0 Å². The Hall–Kier alpha value is -5.84. The number of rotatable bonds is 75. The van der Waals surface area contributed by atoms with Crippen molar-refractivity contribution in [1.82, 2.24) is 0 Å². The Labute approximate surface area is 654 Å². The summed E-state index contributed by atoms with van der Waals surface area (Å²) in [7, 11) is -10.0. The van der Waals surface area contributed by atoms with Gasteiger partial charge in [0.1, 0.15) is 19.3 Å². The molecule has 0 spiro atoms. The number of phosphoric ester groups is 2. The Morgan fingerprint density at radius 1 is 0.269 bits per heavy atom. The second-order valence-electron chi connectivity index (χ2n) is 26.6. The first-order valence-electron chi connectivity index (χ1n) is 41.0. The highest BCUT2D eigenvalue weighted by molar-refractivity contribution is 7.47. The Balaban J connectivity index is 5.52. The van der Waals surface area contributed by atoms with E-state index in [0.717, 1.165) is 173 Å². The molecule has 0 bridgehead atoms. The van der Waals surface area contributed by atoms with E-state index in [1.807, 2.05) is 18.2 Å². The fraction of sp³-hybridized carbons (Fsp3) is 0.618. The van der Waals surface area contributed by atoms with Gasteiger partial charge in [-0.15, -0.1) is 0 Å². The number of esters is 4. The Morgan fingerprint density at radius 3 is 0.815 bits per heavy atom. The first-order valence-corrected chi connectivity index (χ1v) is 44.0. The van der Waals surface area contributed by atoms with Crippen molar-refractivity contribution in [2.75, 3.05) is 39.6 Å². The highest BCUT2D eigenvalue weighted by Crippen LogP contribution is 2.45. The highest BCUT2D eigenvalue weighted by atomic mass is 31.2. The summed E-state index contributed by atoms with van der Waals surface area (Å²) in [6.45, 7) is 4.37. The average molecular weight is 1550 g/mol. The van der Waals surface area contributed by atoms with E-state index in [1.165, 1.54) is 38.5 Å². The van der Waals surface area contributed by atoms with Crippen molar-refractivity contribution in [2.45, 2.75) is 316 Å². The van der Waals surface area contributed by atoms with Gasteiger partial charge in [-0.3, -0.25) is 37.3 Å². The molecule has 0 aliphatic carbocycles. The molecule has 0 aliphatic heterocycles. The lowest BCUT2D eigenvalue weighted by Gasteiger charge is -2.21. The largest absolute Gasteiger partial charge is 0.472 e. The zero-order valence-electron chi connectivity index (χ0n) is 66.9. The maximum atomic E-state index is 13.1. The number of hydrogen-bond donors (Lipinski definition) is 3. The van der Waals surface area contributed by atoms with Crippen LogP contribution in [0.1, 0.15) is 297 Å². The summed E-state index contributed by atoms with van der Waals surface area (Å²) in [5.74, 6) is -2.35. The summed E-state index contributed by atoms with van der Waals surface area (Å²) in [5, 5.41) is 10.7. The molecule has 0 heterocycles. The van der Waals surface area contributed by atoms with E-state index in [2.05, 4.69) is 192 Å². The summed E-state index contributed by atoms with van der Waals surface area (Å²) in [4.78, 5) is 73.1. The number of hydrogen-bond acceptors (Lipinski definition) is 15. The van der Waals surface area contributed by atoms with Gasteiger partial charge in [-0.1, -0.05) is 287 Å². The van der Waals surface area contributed by atoms with E-state index >= 15 is 0 Å². The van der Waals surface area contributed by atoms with Gasteiger partial charge in [0.15, 0.2) is 12.2 Å². The lowest BCUT2D eigenvalue weighted by Crippen LogP contribution is -2.30. The summed E-state index contributed by atoms with van der Waals surface area (Å²) in [5.41, 5.74) is 0. The van der Waals surface area contributed by atoms with Gasteiger partial charge in [-0.25, -0.2) is 9.13 Å². The highest BCUT2D eigenvalue weighted by Gasteiger charge is 2.30. The number of carbonyl (C=O) groups is 4. The Morgan fingerprint density at radius 2 is 0.500 bits per heavy atom. The molecule has 19 heteroatoms. The first kappa shape index (κ1) is 102. The fourth-order valence-electron chi connectivity index (χ4n) is 10.2. The van der Waals surface area contributed by atoms with E-state index in [-0.39, 0.29) is 25.7 Å². The molecular formula is C89H144O17P2. The van der Waals surface area contributed by atoms with Crippen LogP contribution in [-0.4, -0.2) is 96.7 Å². The van der Waals surface area contributed by atoms with E-state index < -0.39 is 97.5 Å². The predicted octanol–water partition coefficient (Wildman–Crippen LogP) is 24.3. The lowest BCUT2D eigenvalue weighted by molar-refractivity contribution is -0.161. The normalized spacial score (nSPS) is 14.8. The standard InChI is InChI=1S/C89H144O17P2/c1-5-9-13-17-21-25-29-33-37-39-41-43-47-50-54-58-62-66-70-74-87(92)100-80-85(106-89(94)76-72-68-64-60-56-52-48-44-42-40-38-34-30-26-22-18-14-10-6-2)82-104-108(97,98)102-78-83(90)77-101-107(95,96)103-81-84(105-88(93)75-71-67-63-59-55-51-46-36-32-28-24-20-16-12-8-4)79-99-86(91)73-69-65-61-57-53-49-45-35-31-27-23-19-15-11-7-3/h9-11,13-15,21-23,25-27,33-38,41-46,50,52,54,56,62,66,83-85,90H,5-8,12,16-20,24,28-32,39-40,47-49,51,53,55,57-61,63-65,67-82H2,1-4H3,(H,95,96)(H,97,98)/b13-9-,14-10-,15-11-,25-21-,26-22-,27-23-,37-33-,38-34-,43-41-,44-42-,45-35-,46-36-,54-50-,56-52-,66-62-. The number of allylic oxidation sites excluding steroid dienone is 30. The van der Waals surface area contributed by atoms with Crippen LogP contribution >= 0.6 is 15.6 Å². The van der Waals surface area contributed by atoms with Gasteiger partial charge >= 0.3 is 39.5 Å². The quantitative estimate of drug-likeness (QED) is 0.0169. The Kier molecular flexibility index (Phi) is 75.0. The van der Waals surface area contributed by atoms with Crippen molar-refractivity contribution in [3.63, 3.8) is 0 Å². The average Bonchev–Trinajstić information content (AvgIpc) is 0.896. The number of unbranched alkanes of at least 4 members (excludes halogenated alkanes) is 19. The topological polar surface area (TPSA) is 237 Å². The van der Waals surface area contributed by atoms with Gasteiger partial charge in [0.05, 0.1) is 26.4 Å². The number of ether oxygens (including phenoxy) is 4. The third-order valence-electron chi connectivity index (χ3n) is 16.4. The minimum atomic E-state index is -5.02. The molecule has 0 amide bonds. The molecule has 0 aliphatic rings. The molecule has 108 heavy (non-hydrogen) atoms. The maximum absolute atomic E-state index is 13.1. The Bertz CT molecular complexity index is 2760. The van der Waals surface area contributed by atoms with Crippen LogP contribution in [0.4, 0.5) is 0 Å². The van der Waals surface area contributed by atoms with Crippen LogP contribution in [0.15, 0.2) is 182 Å². The molecule has 5 unspecified atom stereocenters. The predicted molar refractivity (Wildman–Crippen MR) is 445 cm³/mol. The second-order valence-corrected chi connectivity index (χ2v) is 29.5. The van der Waals surface area contributed by atoms with Crippen LogP contribution < -0.4 is 0 Å². The van der Waals surface area contributed by atoms with E-state index in [4.69, 9.17) is 37.0 Å². The monoisotopic (exact) mass is 1550 g/mol. The van der Waals surface area contributed by atoms with Gasteiger partial charge in [-0.05, 0) is 167 Å². The molecule has 0 radical (unpaired) electrons. The summed E-state index contributed by atoms with van der Waals surface area (Å²) >= 11 is 0. The van der Waals surface area contributed by atoms with Crippen LogP contribution in [0.3, 0.4) is 0 Å².